The van der Waals surface area contributed by atoms with Crippen LogP contribution in [0.2, 0.25) is 16.6 Å². The molecule has 0 N–H and O–H groups in total. The van der Waals surface area contributed by atoms with E-state index in [-0.39, 0.29) is 35.2 Å². The summed E-state index contributed by atoms with van der Waals surface area (Å²) in [5.41, 5.74) is 3.39. The van der Waals surface area contributed by atoms with Crippen LogP contribution >= 0.6 is 0 Å². The number of nitriles is 1. The highest BCUT2D eigenvalue weighted by Gasteiger charge is 2.48. The molecule has 4 aliphatic rings. The third-order valence-corrected chi connectivity index (χ3v) is 20.6. The predicted octanol–water partition coefficient (Wildman–Crippen LogP) is 9.88. The van der Waals surface area contributed by atoms with Crippen molar-refractivity contribution in [2.45, 2.75) is 141 Å². The maximum Gasteiger partial charge on any atom is 0.410 e. The Labute approximate surface area is 338 Å². The molecule has 4 aliphatic heterocycles. The topological polar surface area (TPSA) is 99.8 Å². The van der Waals surface area contributed by atoms with Gasteiger partial charge in [0.1, 0.15) is 23.5 Å². The molecule has 2 unspecified atom stereocenters. The largest absolute Gasteiger partial charge is 0.461 e. The summed E-state index contributed by atoms with van der Waals surface area (Å²) in [6.45, 7) is 23.3. The number of carbonyl (C=O) groups excluding carboxylic acids is 1. The average molecular weight is 794 g/mol. The van der Waals surface area contributed by atoms with Gasteiger partial charge in [0.15, 0.2) is 14.1 Å². The number of rotatable bonds is 9. The second-order valence-corrected chi connectivity index (χ2v) is 24.8. The Hall–Kier alpha value is -4.21. The van der Waals surface area contributed by atoms with Gasteiger partial charge in [-0.15, -0.1) is 0 Å². The van der Waals surface area contributed by atoms with E-state index in [1.165, 1.54) is 0 Å². The van der Waals surface area contributed by atoms with Gasteiger partial charge in [-0.25, -0.2) is 9.18 Å². The van der Waals surface area contributed by atoms with Crippen molar-refractivity contribution in [3.63, 3.8) is 0 Å². The average Bonchev–Trinajstić information content (AvgIpc) is 3.90. The van der Waals surface area contributed by atoms with Crippen molar-refractivity contribution in [2.75, 3.05) is 37.7 Å². The fraction of sp³-hybridized carbons (Fsp3) is 0.600. The summed E-state index contributed by atoms with van der Waals surface area (Å²) >= 11 is 0. The standard InChI is InChI=1S/C45H60FN7O3Si/c1-28(2)57(29(3)4,30(5)6)52-26-36(38-31(23-47)13-10-14-37(38)52)34-17-18-35-40(39(34)46)48-42(55-27-45-19-11-21-51(45)22-12-20-45)49-41(35)50-24-32-15-16-33(25-50)53(32)43(54)56-44(7,8)9/h10,13-14,17-18,26,28-30,32-33H,11-12,15-16,19-22,24-25,27H2,1-9H3. The number of carbonyl (C=O) groups is 1. The number of amides is 1. The van der Waals surface area contributed by atoms with E-state index in [0.717, 1.165) is 62.5 Å². The number of ether oxygens (including phenoxy) is 2. The number of benzene rings is 2. The van der Waals surface area contributed by atoms with Crippen LogP contribution in [0.25, 0.3) is 32.9 Å². The molecular weight excluding hydrogens is 734 g/mol. The third kappa shape index (κ3) is 6.48. The molecule has 0 spiro atoms. The second-order valence-electron chi connectivity index (χ2n) is 19.1. The van der Waals surface area contributed by atoms with E-state index < -0.39 is 19.7 Å². The number of fused-ring (bicyclic) bond motifs is 5. The highest BCUT2D eigenvalue weighted by Crippen LogP contribution is 2.48. The minimum atomic E-state index is -2.31. The first-order chi connectivity index (χ1) is 27.1. The molecule has 2 aromatic heterocycles. The fourth-order valence-corrected chi connectivity index (χ4v) is 18.4. The summed E-state index contributed by atoms with van der Waals surface area (Å²) in [6, 6.07) is 12.2. The van der Waals surface area contributed by atoms with Gasteiger partial charge < -0.3 is 18.6 Å². The molecule has 4 saturated heterocycles. The number of nitrogens with zero attached hydrogens (tertiary/aromatic N) is 7. The lowest BCUT2D eigenvalue weighted by Crippen LogP contribution is -2.57. The van der Waals surface area contributed by atoms with Crippen LogP contribution in [0, 0.1) is 17.1 Å². The van der Waals surface area contributed by atoms with Crippen molar-refractivity contribution in [3.05, 3.63) is 47.9 Å². The van der Waals surface area contributed by atoms with Gasteiger partial charge in [0, 0.05) is 46.7 Å². The Bertz CT molecular complexity index is 2190. The molecule has 57 heavy (non-hydrogen) atoms. The third-order valence-electron chi connectivity index (χ3n) is 13.9. The number of hydrogen-bond donors (Lipinski definition) is 0. The molecule has 2 bridgehead atoms. The zero-order valence-electron chi connectivity index (χ0n) is 35.4. The molecule has 12 heteroatoms. The monoisotopic (exact) mass is 793 g/mol. The zero-order chi connectivity index (χ0) is 40.6. The normalized spacial score (nSPS) is 21.1. The highest BCUT2D eigenvalue weighted by atomic mass is 28.3. The van der Waals surface area contributed by atoms with Crippen LogP contribution < -0.4 is 9.64 Å². The van der Waals surface area contributed by atoms with Crippen LogP contribution in [0.1, 0.15) is 106 Å². The lowest BCUT2D eigenvalue weighted by Gasteiger charge is -2.44. The van der Waals surface area contributed by atoms with Gasteiger partial charge in [0.05, 0.1) is 29.3 Å². The molecule has 0 saturated carbocycles. The summed E-state index contributed by atoms with van der Waals surface area (Å²) in [6.07, 6.45) is 8.01. The quantitative estimate of drug-likeness (QED) is 0.155. The van der Waals surface area contributed by atoms with E-state index in [9.17, 15) is 10.1 Å². The van der Waals surface area contributed by atoms with Crippen molar-refractivity contribution in [3.8, 4) is 23.2 Å². The van der Waals surface area contributed by atoms with E-state index in [2.05, 4.69) is 73.9 Å². The number of hydrogen-bond acceptors (Lipinski definition) is 8. The molecule has 8 rings (SSSR count). The van der Waals surface area contributed by atoms with Crippen molar-refractivity contribution in [1.29, 1.82) is 5.26 Å². The Kier molecular flexibility index (Phi) is 10.1. The first kappa shape index (κ1) is 39.6. The number of aromatic nitrogens is 3. The van der Waals surface area contributed by atoms with Crippen molar-refractivity contribution in [2.24, 2.45) is 0 Å². The maximum atomic E-state index is 17.8. The second kappa shape index (κ2) is 14.6. The van der Waals surface area contributed by atoms with Crippen LogP contribution in [0.15, 0.2) is 36.5 Å². The van der Waals surface area contributed by atoms with Crippen LogP contribution in [0.4, 0.5) is 15.0 Å². The summed E-state index contributed by atoms with van der Waals surface area (Å²) in [5, 5.41) is 11.8. The Morgan fingerprint density at radius 3 is 2.21 bits per heavy atom. The first-order valence-corrected chi connectivity index (χ1v) is 23.5. The minimum absolute atomic E-state index is 0.0355. The van der Waals surface area contributed by atoms with Gasteiger partial charge in [-0.3, -0.25) is 9.80 Å². The fourth-order valence-electron chi connectivity index (χ4n) is 11.7. The van der Waals surface area contributed by atoms with Gasteiger partial charge in [0.25, 0.3) is 0 Å². The zero-order valence-corrected chi connectivity index (χ0v) is 36.4. The van der Waals surface area contributed by atoms with Crippen molar-refractivity contribution in [1.82, 2.24) is 24.0 Å². The van der Waals surface area contributed by atoms with Crippen LogP contribution in [0.5, 0.6) is 6.01 Å². The molecule has 1 amide bonds. The molecule has 304 valence electrons. The van der Waals surface area contributed by atoms with Crippen LogP contribution in [0.3, 0.4) is 0 Å². The van der Waals surface area contributed by atoms with Crippen molar-refractivity contribution < 1.29 is 18.7 Å². The van der Waals surface area contributed by atoms with Crippen LogP contribution in [-0.4, -0.2) is 94.3 Å². The number of piperazine rings is 1. The lowest BCUT2D eigenvalue weighted by atomic mass is 9.95. The summed E-state index contributed by atoms with van der Waals surface area (Å²) in [5.74, 6) is 0.176. The van der Waals surface area contributed by atoms with Gasteiger partial charge in [-0.05, 0) is 107 Å². The van der Waals surface area contributed by atoms with Gasteiger partial charge in [0.2, 0.25) is 0 Å². The van der Waals surface area contributed by atoms with Crippen molar-refractivity contribution >= 4 is 42.0 Å². The first-order valence-electron chi connectivity index (χ1n) is 21.3. The van der Waals surface area contributed by atoms with E-state index in [1.807, 2.05) is 49.9 Å². The molecule has 2 aromatic carbocycles. The summed E-state index contributed by atoms with van der Waals surface area (Å²) in [7, 11) is -2.31. The summed E-state index contributed by atoms with van der Waals surface area (Å²) in [4.78, 5) is 30.0. The molecule has 4 fully saturated rings. The summed E-state index contributed by atoms with van der Waals surface area (Å²) < 4.78 is 32.6. The van der Waals surface area contributed by atoms with Gasteiger partial charge in [-0.1, -0.05) is 53.7 Å². The van der Waals surface area contributed by atoms with Crippen LogP contribution in [-0.2, 0) is 4.74 Å². The molecule has 2 atom stereocenters. The number of halogens is 1. The number of anilines is 1. The lowest BCUT2D eigenvalue weighted by molar-refractivity contribution is 0.0122. The molecule has 0 aliphatic carbocycles. The predicted molar refractivity (Wildman–Crippen MR) is 227 cm³/mol. The Balaban J connectivity index is 1.27. The molecule has 0 radical (unpaired) electrons. The van der Waals surface area contributed by atoms with Gasteiger partial charge in [-0.2, -0.15) is 15.2 Å². The van der Waals surface area contributed by atoms with E-state index in [4.69, 9.17) is 19.4 Å². The molecular formula is C45H60FN7O3Si. The Morgan fingerprint density at radius 1 is 0.965 bits per heavy atom. The van der Waals surface area contributed by atoms with E-state index in [1.54, 1.807) is 0 Å². The smallest absolute Gasteiger partial charge is 0.410 e. The molecule has 4 aromatic rings. The van der Waals surface area contributed by atoms with E-state index >= 15 is 4.39 Å². The van der Waals surface area contributed by atoms with E-state index in [0.29, 0.717) is 64.2 Å². The minimum Gasteiger partial charge on any atom is -0.461 e. The maximum absolute atomic E-state index is 17.8. The molecule has 10 nitrogen and oxygen atoms in total. The SMILES string of the molecule is CC(C)[Si](C(C)C)(C(C)C)n1cc(-c2ccc3c(N4CC5CCC(C4)N5C(=O)OC(C)(C)C)nc(OCC45CCCN4CCC5)nc3c2F)c2c(C#N)cccc21. The van der Waals surface area contributed by atoms with Gasteiger partial charge >= 0.3 is 12.1 Å². The molecule has 6 heterocycles. The Morgan fingerprint density at radius 2 is 1.61 bits per heavy atom. The highest BCUT2D eigenvalue weighted by molar-refractivity contribution is 6.82.